The van der Waals surface area contributed by atoms with E-state index in [1.807, 2.05) is 6.08 Å². The second-order valence-corrected chi connectivity index (χ2v) is 2.86. The van der Waals surface area contributed by atoms with Crippen molar-refractivity contribution in [2.45, 2.75) is 33.1 Å². The van der Waals surface area contributed by atoms with Gasteiger partial charge in [0.2, 0.25) is 0 Å². The molecule has 0 aromatic rings. The van der Waals surface area contributed by atoms with Gasteiger partial charge in [0, 0.05) is 0 Å². The Balaban J connectivity index is 3.29. The van der Waals surface area contributed by atoms with Gasteiger partial charge in [-0.3, -0.25) is 0 Å². The van der Waals surface area contributed by atoms with E-state index in [-0.39, 0.29) is 0 Å². The highest BCUT2D eigenvalue weighted by Crippen LogP contribution is 2.09. The Morgan fingerprint density at radius 2 is 1.90 bits per heavy atom. The first kappa shape index (κ1) is 9.48. The lowest BCUT2D eigenvalue weighted by Gasteiger charge is -1.99. The first-order valence-electron chi connectivity index (χ1n) is 3.76. The van der Waals surface area contributed by atoms with Crippen molar-refractivity contribution in [2.75, 3.05) is 0 Å². The molecule has 0 N–H and O–H groups in total. The monoisotopic (exact) mass is 137 g/mol. The second kappa shape index (κ2) is 5.28. The number of hydrogen-bond donors (Lipinski definition) is 0. The van der Waals surface area contributed by atoms with Gasteiger partial charge in [0.15, 0.2) is 0 Å². The van der Waals surface area contributed by atoms with Crippen molar-refractivity contribution >= 4 is 0 Å². The molecule has 0 atom stereocenters. The fourth-order valence-electron chi connectivity index (χ4n) is 0.771. The van der Waals surface area contributed by atoms with Crippen LogP contribution in [0.3, 0.4) is 0 Å². The molecular weight excluding hydrogens is 120 g/mol. The molecule has 0 heterocycles. The fourth-order valence-corrected chi connectivity index (χ4v) is 0.771. The van der Waals surface area contributed by atoms with Crippen LogP contribution in [0.15, 0.2) is 23.8 Å². The lowest BCUT2D eigenvalue weighted by molar-refractivity contribution is 0.805. The lowest BCUT2D eigenvalue weighted by atomic mass is 10.1. The van der Waals surface area contributed by atoms with Gasteiger partial charge in [-0.2, -0.15) is 0 Å². The van der Waals surface area contributed by atoms with Crippen molar-refractivity contribution in [3.63, 3.8) is 0 Å². The first-order chi connectivity index (χ1) is 4.66. The van der Waals surface area contributed by atoms with Crippen molar-refractivity contribution in [2.24, 2.45) is 0 Å². The van der Waals surface area contributed by atoms with E-state index < -0.39 is 0 Å². The quantitative estimate of drug-likeness (QED) is 0.520. The van der Waals surface area contributed by atoms with Gasteiger partial charge in [0.25, 0.3) is 0 Å². The van der Waals surface area contributed by atoms with Crippen molar-refractivity contribution in [3.8, 4) is 0 Å². The van der Waals surface area contributed by atoms with Crippen LogP contribution in [0.5, 0.6) is 0 Å². The standard InChI is InChI=1S/C10H17/c1-5-10(4)8-6-7-9(2)3/h5H,1-2,6-8H2,3-4H3/b10-5-. The molecule has 0 aromatic carbocycles. The molecule has 0 aliphatic carbocycles. The maximum absolute atomic E-state index is 3.84. The Bertz CT molecular complexity index is 129. The summed E-state index contributed by atoms with van der Waals surface area (Å²) in [4.78, 5) is 0. The van der Waals surface area contributed by atoms with Crippen LogP contribution in [0.1, 0.15) is 33.1 Å². The summed E-state index contributed by atoms with van der Waals surface area (Å²) >= 11 is 0. The van der Waals surface area contributed by atoms with E-state index in [9.17, 15) is 0 Å². The number of hydrogen-bond acceptors (Lipinski definition) is 0. The Hall–Kier alpha value is -0.520. The summed E-state index contributed by atoms with van der Waals surface area (Å²) < 4.78 is 0. The lowest BCUT2D eigenvalue weighted by Crippen LogP contribution is -1.79. The van der Waals surface area contributed by atoms with Crippen LogP contribution in [0, 0.1) is 6.92 Å². The van der Waals surface area contributed by atoms with Gasteiger partial charge in [-0.1, -0.05) is 17.2 Å². The minimum Gasteiger partial charge on any atom is -0.100 e. The number of allylic oxidation sites excluding steroid dienone is 3. The zero-order chi connectivity index (χ0) is 7.98. The van der Waals surface area contributed by atoms with Gasteiger partial charge in [-0.15, -0.1) is 6.58 Å². The zero-order valence-electron chi connectivity index (χ0n) is 7.11. The van der Waals surface area contributed by atoms with Gasteiger partial charge in [0.1, 0.15) is 0 Å². The first-order valence-corrected chi connectivity index (χ1v) is 3.76. The van der Waals surface area contributed by atoms with E-state index in [2.05, 4.69) is 27.4 Å². The highest BCUT2D eigenvalue weighted by molar-refractivity contribution is 5.00. The van der Waals surface area contributed by atoms with Gasteiger partial charge in [0.05, 0.1) is 0 Å². The minimum atomic E-state index is 1.14. The van der Waals surface area contributed by atoms with Crippen molar-refractivity contribution < 1.29 is 0 Å². The van der Waals surface area contributed by atoms with E-state index in [0.29, 0.717) is 0 Å². The predicted molar refractivity (Wildman–Crippen MR) is 47.8 cm³/mol. The maximum Gasteiger partial charge on any atom is -0.0313 e. The summed E-state index contributed by atoms with van der Waals surface area (Å²) in [6, 6.07) is 0. The molecule has 0 saturated carbocycles. The van der Waals surface area contributed by atoms with Crippen LogP contribution >= 0.6 is 0 Å². The molecule has 0 nitrogen and oxygen atoms in total. The SMILES string of the molecule is [CH2]/C=C(/C)CCCC(=C)C. The summed E-state index contributed by atoms with van der Waals surface area (Å²) in [6.45, 7) is 11.7. The predicted octanol–water partition coefficient (Wildman–Crippen LogP) is 3.51. The van der Waals surface area contributed by atoms with Crippen LogP contribution < -0.4 is 0 Å². The normalized spacial score (nSPS) is 11.7. The maximum atomic E-state index is 3.84. The number of rotatable bonds is 4. The fraction of sp³-hybridized carbons (Fsp3) is 0.500. The average Bonchev–Trinajstić information content (AvgIpc) is 1.87. The molecule has 0 saturated heterocycles. The van der Waals surface area contributed by atoms with Crippen molar-refractivity contribution in [1.29, 1.82) is 0 Å². The van der Waals surface area contributed by atoms with Crippen LogP contribution in [-0.2, 0) is 0 Å². The average molecular weight is 137 g/mol. The zero-order valence-corrected chi connectivity index (χ0v) is 7.11. The highest BCUT2D eigenvalue weighted by atomic mass is 14.0. The Labute approximate surface area is 64.6 Å². The molecule has 0 heteroatoms. The Morgan fingerprint density at radius 1 is 1.30 bits per heavy atom. The molecule has 0 amide bonds. The van der Waals surface area contributed by atoms with Crippen molar-refractivity contribution in [3.05, 3.63) is 30.7 Å². The third kappa shape index (κ3) is 5.61. The highest BCUT2D eigenvalue weighted by Gasteiger charge is 1.89. The van der Waals surface area contributed by atoms with E-state index in [4.69, 9.17) is 0 Å². The molecule has 0 unspecified atom stereocenters. The molecule has 10 heavy (non-hydrogen) atoms. The van der Waals surface area contributed by atoms with Crippen LogP contribution in [0.4, 0.5) is 0 Å². The summed E-state index contributed by atoms with van der Waals surface area (Å²) in [6.07, 6.45) is 5.45. The topological polar surface area (TPSA) is 0 Å². The van der Waals surface area contributed by atoms with Gasteiger partial charge < -0.3 is 0 Å². The van der Waals surface area contributed by atoms with Gasteiger partial charge in [-0.05, 0) is 40.0 Å². The third-order valence-electron chi connectivity index (χ3n) is 1.52. The van der Waals surface area contributed by atoms with Crippen LogP contribution in [0.25, 0.3) is 0 Å². The molecule has 0 aliphatic heterocycles. The Kier molecular flexibility index (Phi) is 5.00. The van der Waals surface area contributed by atoms with Gasteiger partial charge in [-0.25, -0.2) is 0 Å². The Morgan fingerprint density at radius 3 is 2.30 bits per heavy atom. The molecule has 0 rings (SSSR count). The van der Waals surface area contributed by atoms with E-state index >= 15 is 0 Å². The van der Waals surface area contributed by atoms with E-state index in [1.165, 1.54) is 17.6 Å². The summed E-state index contributed by atoms with van der Waals surface area (Å²) in [7, 11) is 0. The van der Waals surface area contributed by atoms with E-state index in [0.717, 1.165) is 12.8 Å². The molecule has 0 bridgehead atoms. The third-order valence-corrected chi connectivity index (χ3v) is 1.52. The second-order valence-electron chi connectivity index (χ2n) is 2.86. The molecule has 1 radical (unpaired) electrons. The molecule has 0 spiro atoms. The van der Waals surface area contributed by atoms with Crippen LogP contribution in [0.2, 0.25) is 0 Å². The van der Waals surface area contributed by atoms with Crippen molar-refractivity contribution in [1.82, 2.24) is 0 Å². The molecule has 57 valence electrons. The molecule has 0 fully saturated rings. The largest absolute Gasteiger partial charge is 0.100 e. The molecular formula is C10H17. The van der Waals surface area contributed by atoms with E-state index in [1.54, 1.807) is 0 Å². The van der Waals surface area contributed by atoms with Gasteiger partial charge >= 0.3 is 0 Å². The minimum absolute atomic E-state index is 1.14. The summed E-state index contributed by atoms with van der Waals surface area (Å²) in [5, 5.41) is 0. The molecule has 0 aliphatic rings. The summed E-state index contributed by atoms with van der Waals surface area (Å²) in [5.74, 6) is 0. The smallest absolute Gasteiger partial charge is 0.0313 e. The summed E-state index contributed by atoms with van der Waals surface area (Å²) in [5.41, 5.74) is 2.65. The van der Waals surface area contributed by atoms with Crippen LogP contribution in [-0.4, -0.2) is 0 Å². The molecule has 0 aromatic heterocycles.